The van der Waals surface area contributed by atoms with E-state index in [0.717, 1.165) is 0 Å². The topological polar surface area (TPSA) is 130 Å². The van der Waals surface area contributed by atoms with Crippen LogP contribution in [0.25, 0.3) is 0 Å². The van der Waals surface area contributed by atoms with Gasteiger partial charge in [0.25, 0.3) is 0 Å². The molecule has 1 atom stereocenters. The standard InChI is InChI=1S/C9H13N3O5/c10-9(17)5-1-7(14)12(3-5)4-6(13)11-2-8(15)16/h5H,1-4H2,(H2,10,17)(H,11,13)(H,15,16). The van der Waals surface area contributed by atoms with Gasteiger partial charge >= 0.3 is 5.97 Å². The molecular formula is C9H13N3O5. The Labute approximate surface area is 96.7 Å². The Bertz CT molecular complexity index is 368. The van der Waals surface area contributed by atoms with Crippen LogP contribution in [0.2, 0.25) is 0 Å². The molecule has 1 aliphatic rings. The highest BCUT2D eigenvalue weighted by molar-refractivity contribution is 5.91. The van der Waals surface area contributed by atoms with Gasteiger partial charge in [0.2, 0.25) is 17.7 Å². The fourth-order valence-corrected chi connectivity index (χ4v) is 1.52. The number of primary amides is 1. The Kier molecular flexibility index (Phi) is 4.02. The van der Waals surface area contributed by atoms with Crippen molar-refractivity contribution in [3.8, 4) is 0 Å². The number of carbonyl (C=O) groups is 4. The largest absolute Gasteiger partial charge is 0.480 e. The van der Waals surface area contributed by atoms with Crippen LogP contribution in [-0.2, 0) is 19.2 Å². The van der Waals surface area contributed by atoms with Gasteiger partial charge in [-0.2, -0.15) is 0 Å². The zero-order chi connectivity index (χ0) is 13.0. The first-order valence-corrected chi connectivity index (χ1v) is 4.95. The smallest absolute Gasteiger partial charge is 0.322 e. The normalized spacial score (nSPS) is 19.2. The van der Waals surface area contributed by atoms with E-state index < -0.39 is 30.2 Å². The van der Waals surface area contributed by atoms with Crippen LogP contribution < -0.4 is 11.1 Å². The van der Waals surface area contributed by atoms with Crippen LogP contribution >= 0.6 is 0 Å². The minimum absolute atomic E-state index is 0.00153. The molecule has 8 nitrogen and oxygen atoms in total. The summed E-state index contributed by atoms with van der Waals surface area (Å²) in [5.41, 5.74) is 5.06. The first-order chi connectivity index (χ1) is 7.90. The van der Waals surface area contributed by atoms with Gasteiger partial charge in [-0.1, -0.05) is 0 Å². The van der Waals surface area contributed by atoms with Crippen molar-refractivity contribution in [1.29, 1.82) is 0 Å². The van der Waals surface area contributed by atoms with Crippen LogP contribution in [0.5, 0.6) is 0 Å². The molecule has 1 unspecified atom stereocenters. The molecule has 0 spiro atoms. The zero-order valence-electron chi connectivity index (χ0n) is 9.01. The second-order valence-electron chi connectivity index (χ2n) is 3.75. The zero-order valence-corrected chi connectivity index (χ0v) is 9.01. The van der Waals surface area contributed by atoms with E-state index in [2.05, 4.69) is 5.32 Å². The van der Waals surface area contributed by atoms with Crippen LogP contribution in [0, 0.1) is 5.92 Å². The molecule has 3 amide bonds. The van der Waals surface area contributed by atoms with E-state index in [-0.39, 0.29) is 25.4 Å². The van der Waals surface area contributed by atoms with E-state index in [9.17, 15) is 19.2 Å². The third kappa shape index (κ3) is 3.74. The molecule has 0 saturated carbocycles. The lowest BCUT2D eigenvalue weighted by Crippen LogP contribution is -2.40. The average Bonchev–Trinajstić information content (AvgIpc) is 2.58. The first-order valence-electron chi connectivity index (χ1n) is 4.95. The molecule has 0 aromatic carbocycles. The SMILES string of the molecule is NC(=O)C1CC(=O)N(CC(=O)NCC(=O)O)C1. The summed E-state index contributed by atoms with van der Waals surface area (Å²) >= 11 is 0. The Morgan fingerprint density at radius 3 is 2.59 bits per heavy atom. The molecule has 1 fully saturated rings. The molecule has 17 heavy (non-hydrogen) atoms. The van der Waals surface area contributed by atoms with Gasteiger partial charge in [0, 0.05) is 13.0 Å². The number of hydrogen-bond donors (Lipinski definition) is 3. The molecule has 4 N–H and O–H groups in total. The number of nitrogens with zero attached hydrogens (tertiary/aromatic N) is 1. The summed E-state index contributed by atoms with van der Waals surface area (Å²) in [6, 6.07) is 0. The van der Waals surface area contributed by atoms with Crippen molar-refractivity contribution >= 4 is 23.7 Å². The molecule has 0 aromatic heterocycles. The molecule has 0 aliphatic carbocycles. The Balaban J connectivity index is 2.42. The maximum Gasteiger partial charge on any atom is 0.322 e. The van der Waals surface area contributed by atoms with Gasteiger partial charge in [-0.3, -0.25) is 19.2 Å². The fraction of sp³-hybridized carbons (Fsp3) is 0.556. The summed E-state index contributed by atoms with van der Waals surface area (Å²) in [5, 5.41) is 10.5. The van der Waals surface area contributed by atoms with Crippen molar-refractivity contribution in [3.63, 3.8) is 0 Å². The van der Waals surface area contributed by atoms with E-state index in [1.807, 2.05) is 0 Å². The van der Waals surface area contributed by atoms with Gasteiger partial charge in [-0.05, 0) is 0 Å². The van der Waals surface area contributed by atoms with Crippen molar-refractivity contribution < 1.29 is 24.3 Å². The van der Waals surface area contributed by atoms with Gasteiger partial charge in [0.05, 0.1) is 12.5 Å². The van der Waals surface area contributed by atoms with Gasteiger partial charge in [0.1, 0.15) is 6.54 Å². The van der Waals surface area contributed by atoms with Crippen molar-refractivity contribution in [1.82, 2.24) is 10.2 Å². The van der Waals surface area contributed by atoms with Crippen LogP contribution in [0.3, 0.4) is 0 Å². The lowest BCUT2D eigenvalue weighted by molar-refractivity contribution is -0.138. The third-order valence-corrected chi connectivity index (χ3v) is 2.39. The number of rotatable bonds is 5. The molecule has 0 aromatic rings. The monoisotopic (exact) mass is 243 g/mol. The average molecular weight is 243 g/mol. The summed E-state index contributed by atoms with van der Waals surface area (Å²) in [6.45, 7) is -0.648. The van der Waals surface area contributed by atoms with E-state index >= 15 is 0 Å². The third-order valence-electron chi connectivity index (χ3n) is 2.39. The minimum Gasteiger partial charge on any atom is -0.480 e. The number of aliphatic carboxylic acids is 1. The highest BCUT2D eigenvalue weighted by Gasteiger charge is 2.33. The molecule has 0 bridgehead atoms. The quantitative estimate of drug-likeness (QED) is 0.492. The van der Waals surface area contributed by atoms with E-state index in [0.29, 0.717) is 0 Å². The summed E-state index contributed by atoms with van der Waals surface area (Å²) in [4.78, 5) is 44.9. The Morgan fingerprint density at radius 1 is 1.47 bits per heavy atom. The van der Waals surface area contributed by atoms with Crippen LogP contribution in [0.1, 0.15) is 6.42 Å². The molecule has 1 saturated heterocycles. The molecule has 1 rings (SSSR count). The van der Waals surface area contributed by atoms with Crippen molar-refractivity contribution in [2.45, 2.75) is 6.42 Å². The second kappa shape index (κ2) is 5.28. The fourth-order valence-electron chi connectivity index (χ4n) is 1.52. The van der Waals surface area contributed by atoms with Gasteiger partial charge in [-0.25, -0.2) is 0 Å². The van der Waals surface area contributed by atoms with Crippen LogP contribution in [0.15, 0.2) is 0 Å². The Hall–Kier alpha value is -2.12. The molecule has 94 valence electrons. The highest BCUT2D eigenvalue weighted by atomic mass is 16.4. The number of carboxylic acids is 1. The lowest BCUT2D eigenvalue weighted by Gasteiger charge is -2.14. The van der Waals surface area contributed by atoms with Crippen LogP contribution in [0.4, 0.5) is 0 Å². The van der Waals surface area contributed by atoms with E-state index in [1.165, 1.54) is 4.90 Å². The summed E-state index contributed by atoms with van der Waals surface area (Å²) in [7, 11) is 0. The molecular weight excluding hydrogens is 230 g/mol. The molecule has 8 heteroatoms. The number of hydrogen-bond acceptors (Lipinski definition) is 4. The van der Waals surface area contributed by atoms with Crippen molar-refractivity contribution in [3.05, 3.63) is 0 Å². The van der Waals surface area contributed by atoms with Crippen LogP contribution in [-0.4, -0.2) is 53.3 Å². The van der Waals surface area contributed by atoms with E-state index in [1.54, 1.807) is 0 Å². The number of carboxylic acid groups (broad SMARTS) is 1. The van der Waals surface area contributed by atoms with Crippen molar-refractivity contribution in [2.75, 3.05) is 19.6 Å². The highest BCUT2D eigenvalue weighted by Crippen LogP contribution is 2.16. The first kappa shape index (κ1) is 12.9. The van der Waals surface area contributed by atoms with Crippen molar-refractivity contribution in [2.24, 2.45) is 11.7 Å². The number of nitrogens with two attached hydrogens (primary N) is 1. The van der Waals surface area contributed by atoms with Gasteiger partial charge in [0.15, 0.2) is 0 Å². The minimum atomic E-state index is -1.17. The van der Waals surface area contributed by atoms with Gasteiger partial charge in [-0.15, -0.1) is 0 Å². The molecule has 1 aliphatic heterocycles. The summed E-state index contributed by atoms with van der Waals surface area (Å²) < 4.78 is 0. The van der Waals surface area contributed by atoms with E-state index in [4.69, 9.17) is 10.8 Å². The predicted octanol–water partition coefficient (Wildman–Crippen LogP) is -2.48. The maximum absolute atomic E-state index is 11.4. The lowest BCUT2D eigenvalue weighted by atomic mass is 10.1. The number of amides is 3. The number of carbonyl (C=O) groups excluding carboxylic acids is 3. The summed E-state index contributed by atoms with van der Waals surface area (Å²) in [6.07, 6.45) is 0.00153. The Morgan fingerprint density at radius 2 is 2.12 bits per heavy atom. The second-order valence-corrected chi connectivity index (χ2v) is 3.75. The predicted molar refractivity (Wildman–Crippen MR) is 54.5 cm³/mol. The molecule has 0 radical (unpaired) electrons. The number of nitrogens with one attached hydrogen (secondary N) is 1. The van der Waals surface area contributed by atoms with Gasteiger partial charge < -0.3 is 21.1 Å². The number of likely N-dealkylation sites (tertiary alicyclic amines) is 1. The maximum atomic E-state index is 11.4. The summed E-state index contributed by atoms with van der Waals surface area (Å²) in [5.74, 6) is -3.23. The molecule has 1 heterocycles.